The summed E-state index contributed by atoms with van der Waals surface area (Å²) >= 11 is 1.95. The number of β-amino-alcohol motifs (C(OH)–C–C–N with tert-alkyl or cyclic N) is 1. The Morgan fingerprint density at radius 1 is 1.27 bits per heavy atom. The van der Waals surface area contributed by atoms with Gasteiger partial charge in [-0.1, -0.05) is 6.42 Å². The van der Waals surface area contributed by atoms with E-state index in [0.29, 0.717) is 3.57 Å². The Morgan fingerprint density at radius 2 is 2.03 bits per heavy atom. The molecule has 0 saturated carbocycles. The van der Waals surface area contributed by atoms with Crippen molar-refractivity contribution < 1.29 is 23.1 Å². The van der Waals surface area contributed by atoms with Crippen molar-refractivity contribution in [3.05, 3.63) is 51.0 Å². The highest BCUT2D eigenvalue weighted by Crippen LogP contribution is 2.37. The molecule has 2 fully saturated rings. The highest BCUT2D eigenvalue weighted by atomic mass is 127. The molecule has 2 saturated heterocycles. The molecule has 1 unspecified atom stereocenters. The number of anilines is 1. The molecular weight excluding hydrogens is 510 g/mol. The number of aliphatic hydroxyl groups is 1. The zero-order valence-corrected chi connectivity index (χ0v) is 18.4. The van der Waals surface area contributed by atoms with Crippen molar-refractivity contribution in [3.63, 3.8) is 0 Å². The first kappa shape index (κ1) is 21.6. The van der Waals surface area contributed by atoms with Gasteiger partial charge in [-0.2, -0.15) is 0 Å². The van der Waals surface area contributed by atoms with Gasteiger partial charge in [0.05, 0.1) is 30.4 Å². The van der Waals surface area contributed by atoms with Crippen LogP contribution in [0.2, 0.25) is 0 Å². The van der Waals surface area contributed by atoms with Gasteiger partial charge in [-0.25, -0.2) is 13.2 Å². The van der Waals surface area contributed by atoms with E-state index in [-0.39, 0.29) is 36.9 Å². The summed E-state index contributed by atoms with van der Waals surface area (Å²) < 4.78 is 43.4. The molecule has 0 radical (unpaired) electrons. The standard InChI is InChI=1S/C21H23F3IN3O2/c22-14-6-5-13(19(18(14)24)27-16-7-4-12(25)9-15(16)23)20(29)28-10-21(30,11-28)17-3-1-2-8-26-17/h4,6-7,9,13,17,26-27,30H,1-3,5,8,10-11H2/t13?,17-/m1/s1. The van der Waals surface area contributed by atoms with E-state index in [1.54, 1.807) is 6.07 Å². The van der Waals surface area contributed by atoms with Gasteiger partial charge < -0.3 is 20.6 Å². The Labute approximate surface area is 186 Å². The molecular formula is C21H23F3IN3O2. The Morgan fingerprint density at radius 3 is 2.70 bits per heavy atom. The van der Waals surface area contributed by atoms with Crippen LogP contribution in [0.4, 0.5) is 18.9 Å². The van der Waals surface area contributed by atoms with Crippen LogP contribution < -0.4 is 10.6 Å². The summed E-state index contributed by atoms with van der Waals surface area (Å²) in [7, 11) is 0. The topological polar surface area (TPSA) is 64.6 Å². The molecule has 2 aliphatic heterocycles. The minimum atomic E-state index is -1.19. The molecule has 4 rings (SSSR count). The van der Waals surface area contributed by atoms with Crippen LogP contribution in [0.3, 0.4) is 0 Å². The van der Waals surface area contributed by atoms with E-state index in [2.05, 4.69) is 10.6 Å². The molecule has 9 heteroatoms. The third-order valence-corrected chi connectivity index (χ3v) is 6.70. The predicted molar refractivity (Wildman–Crippen MR) is 115 cm³/mol. The smallest absolute Gasteiger partial charge is 0.232 e. The van der Waals surface area contributed by atoms with Crippen LogP contribution in [0, 0.1) is 15.3 Å². The van der Waals surface area contributed by atoms with Gasteiger partial charge >= 0.3 is 0 Å². The van der Waals surface area contributed by atoms with E-state index < -0.39 is 34.9 Å². The molecule has 2 heterocycles. The second-order valence-corrected chi connectivity index (χ2v) is 9.36. The van der Waals surface area contributed by atoms with Crippen molar-refractivity contribution in [2.75, 3.05) is 25.0 Å². The maximum absolute atomic E-state index is 14.6. The molecule has 1 aliphatic carbocycles. The number of hydrogen-bond donors (Lipinski definition) is 3. The zero-order valence-electron chi connectivity index (χ0n) is 16.2. The number of carbonyl (C=O) groups is 1. The lowest BCUT2D eigenvalue weighted by atomic mass is 9.80. The van der Waals surface area contributed by atoms with E-state index in [9.17, 15) is 23.1 Å². The van der Waals surface area contributed by atoms with Crippen molar-refractivity contribution in [1.82, 2.24) is 10.2 Å². The second-order valence-electron chi connectivity index (χ2n) is 8.12. The molecule has 3 aliphatic rings. The van der Waals surface area contributed by atoms with Gasteiger partial charge in [-0.3, -0.25) is 4.79 Å². The van der Waals surface area contributed by atoms with E-state index in [4.69, 9.17) is 0 Å². The molecule has 0 spiro atoms. The average Bonchev–Trinajstić information content (AvgIpc) is 2.71. The third-order valence-electron chi connectivity index (χ3n) is 6.03. The van der Waals surface area contributed by atoms with Crippen molar-refractivity contribution in [3.8, 4) is 0 Å². The predicted octanol–water partition coefficient (Wildman–Crippen LogP) is 3.61. The van der Waals surface area contributed by atoms with Gasteiger partial charge in [0.15, 0.2) is 11.7 Å². The number of rotatable bonds is 4. The Balaban J connectivity index is 1.50. The summed E-state index contributed by atoms with van der Waals surface area (Å²) in [6.45, 7) is 1.11. The molecule has 1 amide bonds. The molecule has 30 heavy (non-hydrogen) atoms. The monoisotopic (exact) mass is 533 g/mol. The average molecular weight is 533 g/mol. The van der Waals surface area contributed by atoms with Crippen LogP contribution in [-0.2, 0) is 4.79 Å². The third kappa shape index (κ3) is 4.11. The molecule has 2 atom stereocenters. The molecule has 1 aromatic rings. The molecule has 5 nitrogen and oxygen atoms in total. The van der Waals surface area contributed by atoms with E-state index in [0.717, 1.165) is 31.9 Å². The Kier molecular flexibility index (Phi) is 6.13. The van der Waals surface area contributed by atoms with Crippen LogP contribution >= 0.6 is 22.6 Å². The summed E-state index contributed by atoms with van der Waals surface area (Å²) in [4.78, 5) is 14.5. The van der Waals surface area contributed by atoms with Gasteiger partial charge in [0.25, 0.3) is 0 Å². The number of hydrogen-bond acceptors (Lipinski definition) is 4. The lowest BCUT2D eigenvalue weighted by Crippen LogP contribution is -2.72. The van der Waals surface area contributed by atoms with Crippen LogP contribution in [-0.4, -0.2) is 47.2 Å². The van der Waals surface area contributed by atoms with Gasteiger partial charge in [-0.05, 0) is 72.7 Å². The Bertz CT molecular complexity index is 909. The largest absolute Gasteiger partial charge is 0.385 e. The molecule has 162 valence electrons. The summed E-state index contributed by atoms with van der Waals surface area (Å²) in [5.74, 6) is -4.30. The summed E-state index contributed by atoms with van der Waals surface area (Å²) in [5.41, 5.74) is -1.32. The molecule has 1 aromatic carbocycles. The Hall–Kier alpha value is -1.59. The summed E-state index contributed by atoms with van der Waals surface area (Å²) in [5, 5.41) is 16.7. The van der Waals surface area contributed by atoms with E-state index in [1.807, 2.05) is 22.6 Å². The van der Waals surface area contributed by atoms with Crippen molar-refractivity contribution in [2.24, 2.45) is 5.92 Å². The molecule has 0 bridgehead atoms. The van der Waals surface area contributed by atoms with Gasteiger partial charge in [-0.15, -0.1) is 0 Å². The number of carbonyl (C=O) groups excluding carboxylic acids is 1. The molecule has 0 aromatic heterocycles. The summed E-state index contributed by atoms with van der Waals surface area (Å²) in [6, 6.07) is 4.24. The number of halogens is 4. The maximum atomic E-state index is 14.6. The lowest BCUT2D eigenvalue weighted by Gasteiger charge is -2.52. The van der Waals surface area contributed by atoms with Crippen molar-refractivity contribution >= 4 is 34.2 Å². The minimum Gasteiger partial charge on any atom is -0.385 e. The summed E-state index contributed by atoms with van der Waals surface area (Å²) in [6.07, 6.45) is 3.90. The van der Waals surface area contributed by atoms with Gasteiger partial charge in [0.1, 0.15) is 11.4 Å². The normalized spacial score (nSPS) is 26.2. The zero-order chi connectivity index (χ0) is 21.5. The number of nitrogens with zero attached hydrogens (tertiary/aromatic N) is 1. The first-order valence-corrected chi connectivity index (χ1v) is 11.1. The fourth-order valence-electron chi connectivity index (χ4n) is 4.33. The highest BCUT2D eigenvalue weighted by Gasteiger charge is 2.51. The minimum absolute atomic E-state index is 0.0282. The second kappa shape index (κ2) is 8.51. The first-order chi connectivity index (χ1) is 14.3. The van der Waals surface area contributed by atoms with Crippen LogP contribution in [0.1, 0.15) is 25.7 Å². The first-order valence-electron chi connectivity index (χ1n) is 10.0. The van der Waals surface area contributed by atoms with Crippen LogP contribution in [0.15, 0.2) is 41.6 Å². The van der Waals surface area contributed by atoms with E-state index in [1.165, 1.54) is 17.0 Å². The number of likely N-dealkylation sites (tertiary alicyclic amines) is 1. The fraction of sp³-hybridized carbons (Fsp3) is 0.476. The maximum Gasteiger partial charge on any atom is 0.232 e. The van der Waals surface area contributed by atoms with Crippen molar-refractivity contribution in [1.29, 1.82) is 0 Å². The highest BCUT2D eigenvalue weighted by molar-refractivity contribution is 14.1. The number of allylic oxidation sites excluding steroid dienone is 3. The van der Waals surface area contributed by atoms with Gasteiger partial charge in [0.2, 0.25) is 5.91 Å². The SMILES string of the molecule is O=C(C1CC=C(F)C(F)=C1Nc1ccc(I)cc1F)N1CC(O)([C@H]2CCCCN2)C1. The number of nitrogens with one attached hydrogen (secondary N) is 2. The van der Waals surface area contributed by atoms with Gasteiger partial charge in [0, 0.05) is 9.61 Å². The number of benzene rings is 1. The van der Waals surface area contributed by atoms with Crippen LogP contribution in [0.5, 0.6) is 0 Å². The number of piperidine rings is 1. The molecule has 3 N–H and O–H groups in total. The van der Waals surface area contributed by atoms with Crippen molar-refractivity contribution in [2.45, 2.75) is 37.3 Å². The number of amides is 1. The lowest BCUT2D eigenvalue weighted by molar-refractivity contribution is -0.165. The quantitative estimate of drug-likeness (QED) is 0.518. The van der Waals surface area contributed by atoms with E-state index >= 15 is 0 Å². The van der Waals surface area contributed by atoms with Crippen LogP contribution in [0.25, 0.3) is 0 Å². The fourth-order valence-corrected chi connectivity index (χ4v) is 4.79.